The van der Waals surface area contributed by atoms with Crippen LogP contribution in [-0.4, -0.2) is 38.3 Å². The van der Waals surface area contributed by atoms with E-state index in [9.17, 15) is 15.0 Å². The average Bonchev–Trinajstić information content (AvgIpc) is 3.10. The second-order valence-corrected chi connectivity index (χ2v) is 5.90. The molecule has 2 heterocycles. The first kappa shape index (κ1) is 17.9. The number of nitrogens with one attached hydrogen (secondary N) is 1. The van der Waals surface area contributed by atoms with Crippen LogP contribution in [0, 0.1) is 0 Å². The molecule has 0 fully saturated rings. The van der Waals surface area contributed by atoms with E-state index in [1.54, 1.807) is 10.6 Å². The van der Waals surface area contributed by atoms with Crippen molar-refractivity contribution in [2.24, 2.45) is 0 Å². The highest BCUT2D eigenvalue weighted by Gasteiger charge is 2.21. The number of ether oxygens (including phenoxy) is 1. The molecule has 1 aromatic carbocycles. The number of hydrogen-bond acceptors (Lipinski definition) is 5. The predicted molar refractivity (Wildman–Crippen MR) is 95.4 cm³/mol. The van der Waals surface area contributed by atoms with Gasteiger partial charge in [-0.2, -0.15) is 0 Å². The first-order valence-corrected chi connectivity index (χ1v) is 8.38. The van der Waals surface area contributed by atoms with Gasteiger partial charge in [0.2, 0.25) is 0 Å². The van der Waals surface area contributed by atoms with Crippen molar-refractivity contribution in [3.63, 3.8) is 0 Å². The third kappa shape index (κ3) is 4.38. The Morgan fingerprint density at radius 1 is 1.15 bits per heavy atom. The number of carbonyl (C=O) groups is 1. The molecule has 2 aromatic heterocycles. The highest BCUT2D eigenvalue weighted by Crippen LogP contribution is 2.20. The van der Waals surface area contributed by atoms with Crippen LogP contribution in [0.2, 0.25) is 0 Å². The third-order valence-corrected chi connectivity index (χ3v) is 4.04. The number of hydrogen-bond donors (Lipinski definition) is 3. The number of pyridine rings is 1. The number of aromatic nitrogens is 2. The van der Waals surface area contributed by atoms with Crippen molar-refractivity contribution >= 4 is 11.7 Å². The van der Waals surface area contributed by atoms with Crippen molar-refractivity contribution < 1.29 is 19.7 Å². The molecule has 3 rings (SSSR count). The number of nitrogens with zero attached hydrogens (tertiary/aromatic N) is 2. The van der Waals surface area contributed by atoms with Crippen LogP contribution in [0.3, 0.4) is 0 Å². The third-order valence-electron chi connectivity index (χ3n) is 4.04. The van der Waals surface area contributed by atoms with Crippen LogP contribution in [-0.2, 0) is 11.3 Å². The topological polar surface area (TPSA) is 96.1 Å². The average molecular weight is 355 g/mol. The molecule has 0 aliphatic carbocycles. The Hall–Kier alpha value is -2.90. The van der Waals surface area contributed by atoms with E-state index in [0.29, 0.717) is 11.3 Å². The molecule has 0 saturated carbocycles. The van der Waals surface area contributed by atoms with Gasteiger partial charge in [0, 0.05) is 12.7 Å². The summed E-state index contributed by atoms with van der Waals surface area (Å²) in [5, 5.41) is 23.1. The number of aliphatic hydroxyl groups excluding tert-OH is 2. The summed E-state index contributed by atoms with van der Waals surface area (Å²) in [4.78, 5) is 15.9. The van der Waals surface area contributed by atoms with Gasteiger partial charge in [0.25, 0.3) is 0 Å². The number of amides is 1. The van der Waals surface area contributed by atoms with E-state index >= 15 is 0 Å². The molecule has 2 atom stereocenters. The molecule has 0 bridgehead atoms. The van der Waals surface area contributed by atoms with Gasteiger partial charge in [0.15, 0.2) is 0 Å². The van der Waals surface area contributed by atoms with E-state index < -0.39 is 18.3 Å². The Morgan fingerprint density at radius 3 is 2.73 bits per heavy atom. The zero-order chi connectivity index (χ0) is 18.4. The molecular weight excluding hydrogens is 334 g/mol. The quantitative estimate of drug-likeness (QED) is 0.603. The fourth-order valence-corrected chi connectivity index (χ4v) is 2.62. The highest BCUT2D eigenvalue weighted by molar-refractivity contribution is 5.67. The van der Waals surface area contributed by atoms with Gasteiger partial charge in [-0.15, -0.1) is 0 Å². The monoisotopic (exact) mass is 355 g/mol. The molecule has 0 spiro atoms. The van der Waals surface area contributed by atoms with Crippen molar-refractivity contribution in [3.8, 4) is 0 Å². The minimum atomic E-state index is -1.10. The Balaban J connectivity index is 1.44. The van der Waals surface area contributed by atoms with E-state index in [2.05, 4.69) is 10.3 Å². The lowest BCUT2D eigenvalue weighted by Crippen LogP contribution is -2.30. The second-order valence-electron chi connectivity index (χ2n) is 5.90. The van der Waals surface area contributed by atoms with Crippen LogP contribution in [0.4, 0.5) is 4.79 Å². The van der Waals surface area contributed by atoms with Crippen molar-refractivity contribution in [1.29, 1.82) is 0 Å². The number of alkyl carbamates (subject to hydrolysis) is 1. The van der Waals surface area contributed by atoms with Crippen molar-refractivity contribution in [2.75, 3.05) is 6.54 Å². The molecular formula is C19H21N3O4. The lowest BCUT2D eigenvalue weighted by Gasteiger charge is -2.17. The van der Waals surface area contributed by atoms with Crippen LogP contribution in [0.5, 0.6) is 0 Å². The maximum absolute atomic E-state index is 11.7. The van der Waals surface area contributed by atoms with Gasteiger partial charge in [-0.1, -0.05) is 36.4 Å². The zero-order valence-corrected chi connectivity index (χ0v) is 14.2. The van der Waals surface area contributed by atoms with Crippen molar-refractivity contribution in [3.05, 3.63) is 72.2 Å². The van der Waals surface area contributed by atoms with Gasteiger partial charge in [0.05, 0.1) is 18.0 Å². The summed E-state index contributed by atoms with van der Waals surface area (Å²) < 4.78 is 6.81. The Morgan fingerprint density at radius 2 is 1.92 bits per heavy atom. The van der Waals surface area contributed by atoms with Gasteiger partial charge < -0.3 is 24.7 Å². The van der Waals surface area contributed by atoms with Crippen molar-refractivity contribution in [1.82, 2.24) is 14.7 Å². The molecule has 7 nitrogen and oxygen atoms in total. The molecule has 26 heavy (non-hydrogen) atoms. The molecule has 0 aliphatic heterocycles. The largest absolute Gasteiger partial charge is 0.445 e. The molecule has 2 unspecified atom stereocenters. The van der Waals surface area contributed by atoms with E-state index in [1.165, 1.54) is 6.20 Å². The zero-order valence-electron chi connectivity index (χ0n) is 14.2. The number of rotatable bonds is 7. The summed E-state index contributed by atoms with van der Waals surface area (Å²) in [7, 11) is 0. The molecule has 3 aromatic rings. The maximum atomic E-state index is 11.7. The lowest BCUT2D eigenvalue weighted by atomic mass is 10.1. The minimum absolute atomic E-state index is 0.180. The maximum Gasteiger partial charge on any atom is 0.407 e. The van der Waals surface area contributed by atoms with Gasteiger partial charge in [-0.25, -0.2) is 9.78 Å². The summed E-state index contributed by atoms with van der Waals surface area (Å²) >= 11 is 0. The first-order valence-electron chi connectivity index (χ1n) is 8.38. The fraction of sp³-hybridized carbons (Fsp3) is 0.263. The van der Waals surface area contributed by atoms with Crippen LogP contribution in [0.15, 0.2) is 60.9 Å². The van der Waals surface area contributed by atoms with E-state index in [4.69, 9.17) is 4.74 Å². The molecule has 3 N–H and O–H groups in total. The van der Waals surface area contributed by atoms with Crippen LogP contribution in [0.25, 0.3) is 5.65 Å². The smallest absolute Gasteiger partial charge is 0.407 e. The Bertz CT molecular complexity index is 850. The van der Waals surface area contributed by atoms with Gasteiger partial charge in [-0.3, -0.25) is 0 Å². The summed E-state index contributed by atoms with van der Waals surface area (Å²) in [6.45, 7) is 0.363. The van der Waals surface area contributed by atoms with E-state index in [0.717, 1.165) is 5.56 Å². The second kappa shape index (κ2) is 8.46. The standard InChI is InChI=1S/C19H21N3O4/c23-16(18(24)15-12-21-17-8-4-5-11-22(15)17)9-10-20-19(25)26-13-14-6-2-1-3-7-14/h1-8,11-12,16,18,23-24H,9-10,13H2,(H,20,25). The summed E-state index contributed by atoms with van der Waals surface area (Å²) in [6.07, 6.45) is 0.781. The molecule has 0 radical (unpaired) electrons. The Labute approximate surface area is 150 Å². The van der Waals surface area contributed by atoms with Crippen molar-refractivity contribution in [2.45, 2.75) is 25.2 Å². The number of carbonyl (C=O) groups excluding carboxylic acids is 1. The van der Waals surface area contributed by atoms with Gasteiger partial charge in [0.1, 0.15) is 18.4 Å². The van der Waals surface area contributed by atoms with Gasteiger partial charge >= 0.3 is 6.09 Å². The lowest BCUT2D eigenvalue weighted by molar-refractivity contribution is 0.0107. The number of aliphatic hydroxyl groups is 2. The van der Waals surface area contributed by atoms with E-state index in [-0.39, 0.29) is 19.6 Å². The number of benzene rings is 1. The summed E-state index contributed by atoms with van der Waals surface area (Å²) in [5.41, 5.74) is 2.09. The number of imidazole rings is 1. The van der Waals surface area contributed by atoms with Gasteiger partial charge in [-0.05, 0) is 24.1 Å². The van der Waals surface area contributed by atoms with E-state index in [1.807, 2.05) is 48.5 Å². The molecule has 0 aliphatic rings. The van der Waals surface area contributed by atoms with Crippen LogP contribution >= 0.6 is 0 Å². The predicted octanol–water partition coefficient (Wildman–Crippen LogP) is 2.05. The SMILES string of the molecule is O=C(NCCC(O)C(O)c1cnc2ccccn12)OCc1ccccc1. The first-order chi connectivity index (χ1) is 12.6. The molecule has 1 amide bonds. The molecule has 7 heteroatoms. The summed E-state index contributed by atoms with van der Waals surface area (Å²) in [6, 6.07) is 14.8. The molecule has 136 valence electrons. The summed E-state index contributed by atoms with van der Waals surface area (Å²) in [5.74, 6) is 0. The van der Waals surface area contributed by atoms with Crippen LogP contribution < -0.4 is 5.32 Å². The molecule has 0 saturated heterocycles. The minimum Gasteiger partial charge on any atom is -0.445 e. The normalized spacial score (nSPS) is 13.3. The highest BCUT2D eigenvalue weighted by atomic mass is 16.5. The van der Waals surface area contributed by atoms with Crippen LogP contribution in [0.1, 0.15) is 23.8 Å². The Kier molecular flexibility index (Phi) is 5.83. The number of fused-ring (bicyclic) bond motifs is 1. The fourth-order valence-electron chi connectivity index (χ4n) is 2.62.